The Morgan fingerprint density at radius 2 is 2.13 bits per heavy atom. The molecule has 3 heteroatoms. The van der Waals surface area contributed by atoms with Gasteiger partial charge in [0.2, 0.25) is 0 Å². The second kappa shape index (κ2) is 4.53. The van der Waals surface area contributed by atoms with Crippen LogP contribution < -0.4 is 0 Å². The Balaban J connectivity index is 2.53. The van der Waals surface area contributed by atoms with Crippen LogP contribution in [0.5, 0.6) is 0 Å². The maximum atomic E-state index is 4.41. The van der Waals surface area contributed by atoms with Crippen molar-refractivity contribution < 1.29 is 0 Å². The molecule has 0 aliphatic carbocycles. The van der Waals surface area contributed by atoms with E-state index >= 15 is 0 Å². The van der Waals surface area contributed by atoms with Gasteiger partial charge < -0.3 is 0 Å². The van der Waals surface area contributed by atoms with Crippen LogP contribution in [-0.4, -0.2) is 9.97 Å². The van der Waals surface area contributed by atoms with Gasteiger partial charge in [0.15, 0.2) is 0 Å². The summed E-state index contributed by atoms with van der Waals surface area (Å²) in [4.78, 5) is 8.72. The molecule has 0 amide bonds. The monoisotopic (exact) mass is 262 g/mol. The first-order valence-electron chi connectivity index (χ1n) is 4.87. The number of nitrogens with zero attached hydrogens (tertiary/aromatic N) is 2. The molecule has 0 saturated carbocycles. The summed E-state index contributed by atoms with van der Waals surface area (Å²) in [6, 6.07) is 7.96. The lowest BCUT2D eigenvalue weighted by molar-refractivity contribution is 1.09. The van der Waals surface area contributed by atoms with Crippen molar-refractivity contribution in [2.75, 3.05) is 0 Å². The SMILES string of the molecule is CCc1cc(Br)cnc1-c1ccccn1. The van der Waals surface area contributed by atoms with Crippen LogP contribution in [0.25, 0.3) is 11.4 Å². The van der Waals surface area contributed by atoms with E-state index < -0.39 is 0 Å². The van der Waals surface area contributed by atoms with Crippen molar-refractivity contribution in [2.24, 2.45) is 0 Å². The summed E-state index contributed by atoms with van der Waals surface area (Å²) in [6.07, 6.45) is 4.56. The lowest BCUT2D eigenvalue weighted by Crippen LogP contribution is -1.93. The zero-order valence-corrected chi connectivity index (χ0v) is 10.0. The molecule has 2 rings (SSSR count). The lowest BCUT2D eigenvalue weighted by atomic mass is 10.1. The van der Waals surface area contributed by atoms with E-state index in [1.807, 2.05) is 24.4 Å². The van der Waals surface area contributed by atoms with Gasteiger partial charge in [-0.05, 0) is 46.1 Å². The molecule has 0 unspecified atom stereocenters. The fourth-order valence-corrected chi connectivity index (χ4v) is 1.86. The third-order valence-electron chi connectivity index (χ3n) is 2.22. The summed E-state index contributed by atoms with van der Waals surface area (Å²) in [5.41, 5.74) is 3.12. The molecule has 0 atom stereocenters. The van der Waals surface area contributed by atoms with Crippen molar-refractivity contribution >= 4 is 15.9 Å². The highest BCUT2D eigenvalue weighted by Crippen LogP contribution is 2.22. The predicted octanol–water partition coefficient (Wildman–Crippen LogP) is 3.47. The molecule has 15 heavy (non-hydrogen) atoms. The first-order valence-corrected chi connectivity index (χ1v) is 5.66. The summed E-state index contributed by atoms with van der Waals surface area (Å²) >= 11 is 3.43. The largest absolute Gasteiger partial charge is 0.255 e. The van der Waals surface area contributed by atoms with Crippen LogP contribution in [0.2, 0.25) is 0 Å². The highest BCUT2D eigenvalue weighted by molar-refractivity contribution is 9.10. The average molecular weight is 263 g/mol. The van der Waals surface area contributed by atoms with E-state index in [1.54, 1.807) is 6.20 Å². The van der Waals surface area contributed by atoms with Gasteiger partial charge in [0.05, 0.1) is 11.4 Å². The Labute approximate surface area is 97.5 Å². The number of halogens is 1. The number of rotatable bonds is 2. The Kier molecular flexibility index (Phi) is 3.11. The van der Waals surface area contributed by atoms with Crippen LogP contribution in [-0.2, 0) is 6.42 Å². The highest BCUT2D eigenvalue weighted by atomic mass is 79.9. The van der Waals surface area contributed by atoms with Gasteiger partial charge in [-0.3, -0.25) is 9.97 Å². The number of hydrogen-bond acceptors (Lipinski definition) is 2. The molecule has 76 valence electrons. The molecule has 2 aromatic rings. The Hall–Kier alpha value is -1.22. The van der Waals surface area contributed by atoms with Crippen molar-refractivity contribution in [1.82, 2.24) is 9.97 Å². The number of hydrogen-bond donors (Lipinski definition) is 0. The Morgan fingerprint density at radius 1 is 1.27 bits per heavy atom. The molecule has 0 radical (unpaired) electrons. The highest BCUT2D eigenvalue weighted by Gasteiger charge is 2.06. The molecule has 2 nitrogen and oxygen atoms in total. The van der Waals surface area contributed by atoms with E-state index in [0.29, 0.717) is 0 Å². The summed E-state index contributed by atoms with van der Waals surface area (Å²) in [5, 5.41) is 0. The number of pyridine rings is 2. The molecular weight excluding hydrogens is 252 g/mol. The first kappa shape index (κ1) is 10.3. The molecule has 0 spiro atoms. The molecular formula is C12H11BrN2. The van der Waals surface area contributed by atoms with Crippen LogP contribution >= 0.6 is 15.9 Å². The third-order valence-corrected chi connectivity index (χ3v) is 2.66. The van der Waals surface area contributed by atoms with Gasteiger partial charge in [0.25, 0.3) is 0 Å². The zero-order valence-electron chi connectivity index (χ0n) is 8.44. The molecule has 0 bridgehead atoms. The standard InChI is InChI=1S/C12H11BrN2/c1-2-9-7-10(13)8-15-12(9)11-5-3-4-6-14-11/h3-8H,2H2,1H3. The number of aryl methyl sites for hydroxylation is 1. The minimum absolute atomic E-state index is 0.932. The van der Waals surface area contributed by atoms with Gasteiger partial charge in [-0.1, -0.05) is 13.0 Å². The van der Waals surface area contributed by atoms with Gasteiger partial charge in [0.1, 0.15) is 0 Å². The van der Waals surface area contributed by atoms with Crippen LogP contribution in [0, 0.1) is 0 Å². The number of aromatic nitrogens is 2. The fourth-order valence-electron chi connectivity index (χ4n) is 1.48. The molecule has 0 aliphatic rings. The summed E-state index contributed by atoms with van der Waals surface area (Å²) in [5.74, 6) is 0. The topological polar surface area (TPSA) is 25.8 Å². The minimum Gasteiger partial charge on any atom is -0.255 e. The van der Waals surface area contributed by atoms with E-state index in [9.17, 15) is 0 Å². The van der Waals surface area contributed by atoms with Crippen LogP contribution in [0.4, 0.5) is 0 Å². The van der Waals surface area contributed by atoms with Crippen molar-refractivity contribution in [3.8, 4) is 11.4 Å². The van der Waals surface area contributed by atoms with Crippen molar-refractivity contribution in [1.29, 1.82) is 0 Å². The maximum Gasteiger partial charge on any atom is 0.0918 e. The lowest BCUT2D eigenvalue weighted by Gasteiger charge is -2.06. The molecule has 0 aromatic carbocycles. The van der Waals surface area contributed by atoms with Crippen LogP contribution in [0.3, 0.4) is 0 Å². The Bertz CT molecular complexity index is 454. The molecule has 0 aliphatic heterocycles. The van der Waals surface area contributed by atoms with Gasteiger partial charge in [-0.25, -0.2) is 0 Å². The maximum absolute atomic E-state index is 4.41. The second-order valence-corrected chi connectivity index (χ2v) is 4.15. The normalized spacial score (nSPS) is 10.3. The quantitative estimate of drug-likeness (QED) is 0.829. The van der Waals surface area contributed by atoms with E-state index in [2.05, 4.69) is 38.9 Å². The second-order valence-electron chi connectivity index (χ2n) is 3.23. The summed E-state index contributed by atoms with van der Waals surface area (Å²) < 4.78 is 1.01. The molecule has 2 aromatic heterocycles. The van der Waals surface area contributed by atoms with E-state index in [-0.39, 0.29) is 0 Å². The van der Waals surface area contributed by atoms with Gasteiger partial charge in [-0.2, -0.15) is 0 Å². The van der Waals surface area contributed by atoms with Gasteiger partial charge >= 0.3 is 0 Å². The van der Waals surface area contributed by atoms with Gasteiger partial charge in [0, 0.05) is 16.9 Å². The zero-order chi connectivity index (χ0) is 10.7. The smallest absolute Gasteiger partial charge is 0.0918 e. The molecule has 0 fully saturated rings. The fraction of sp³-hybridized carbons (Fsp3) is 0.167. The van der Waals surface area contributed by atoms with E-state index in [1.165, 1.54) is 5.56 Å². The van der Waals surface area contributed by atoms with Crippen LogP contribution in [0.1, 0.15) is 12.5 Å². The molecule has 0 saturated heterocycles. The predicted molar refractivity (Wildman–Crippen MR) is 64.5 cm³/mol. The van der Waals surface area contributed by atoms with Crippen molar-refractivity contribution in [2.45, 2.75) is 13.3 Å². The summed E-state index contributed by atoms with van der Waals surface area (Å²) in [6.45, 7) is 2.12. The summed E-state index contributed by atoms with van der Waals surface area (Å²) in [7, 11) is 0. The van der Waals surface area contributed by atoms with E-state index in [4.69, 9.17) is 0 Å². The van der Waals surface area contributed by atoms with E-state index in [0.717, 1.165) is 22.3 Å². The van der Waals surface area contributed by atoms with Crippen molar-refractivity contribution in [3.63, 3.8) is 0 Å². The minimum atomic E-state index is 0.932. The molecule has 2 heterocycles. The van der Waals surface area contributed by atoms with Gasteiger partial charge in [-0.15, -0.1) is 0 Å². The third kappa shape index (κ3) is 2.23. The van der Waals surface area contributed by atoms with Crippen LogP contribution in [0.15, 0.2) is 41.1 Å². The molecule has 0 N–H and O–H groups in total. The van der Waals surface area contributed by atoms with Crippen molar-refractivity contribution in [3.05, 3.63) is 46.7 Å². The first-order chi connectivity index (χ1) is 7.31. The Morgan fingerprint density at radius 3 is 2.80 bits per heavy atom. The average Bonchev–Trinajstić information content (AvgIpc) is 2.30.